The van der Waals surface area contributed by atoms with Gasteiger partial charge < -0.3 is 14.6 Å². The van der Waals surface area contributed by atoms with Gasteiger partial charge in [0.2, 0.25) is 0 Å². The first-order valence-corrected chi connectivity index (χ1v) is 8.68. The molecule has 0 radical (unpaired) electrons. The van der Waals surface area contributed by atoms with E-state index in [1.807, 2.05) is 6.07 Å². The third kappa shape index (κ3) is 4.35. The number of ether oxygens (including phenoxy) is 1. The van der Waals surface area contributed by atoms with Crippen molar-refractivity contribution in [3.8, 4) is 11.8 Å². The van der Waals surface area contributed by atoms with E-state index in [1.165, 1.54) is 12.1 Å². The van der Waals surface area contributed by atoms with Gasteiger partial charge in [-0.25, -0.2) is 9.37 Å². The molecule has 0 aliphatic rings. The number of nitrogens with one attached hydrogen (secondary N) is 1. The number of rotatable bonds is 6. The van der Waals surface area contributed by atoms with Crippen molar-refractivity contribution in [3.63, 3.8) is 0 Å². The van der Waals surface area contributed by atoms with Gasteiger partial charge >= 0.3 is 0 Å². The van der Waals surface area contributed by atoms with Crippen LogP contribution in [0.1, 0.15) is 29.9 Å². The first-order chi connectivity index (χ1) is 13.5. The van der Waals surface area contributed by atoms with Crippen molar-refractivity contribution in [3.05, 3.63) is 83.7 Å². The number of benzene rings is 2. The van der Waals surface area contributed by atoms with E-state index in [0.29, 0.717) is 22.7 Å². The molecule has 7 heteroatoms. The SMILES string of the molecule is C[C@@H](Oc1ccc(C#N)cc1)C(=O)N[C@H](c1cccc(F)c1)c1nccn1C. The van der Waals surface area contributed by atoms with Gasteiger partial charge in [-0.15, -0.1) is 0 Å². The lowest BCUT2D eigenvalue weighted by atomic mass is 10.1. The minimum Gasteiger partial charge on any atom is -0.481 e. The maximum atomic E-state index is 13.7. The second-order valence-electron chi connectivity index (χ2n) is 6.29. The van der Waals surface area contributed by atoms with Crippen molar-refractivity contribution in [1.82, 2.24) is 14.9 Å². The van der Waals surface area contributed by atoms with Crippen LogP contribution < -0.4 is 10.1 Å². The predicted molar refractivity (Wildman–Crippen MR) is 101 cm³/mol. The number of imidazole rings is 1. The zero-order chi connectivity index (χ0) is 20.1. The summed E-state index contributed by atoms with van der Waals surface area (Å²) in [5, 5.41) is 11.7. The second-order valence-corrected chi connectivity index (χ2v) is 6.29. The van der Waals surface area contributed by atoms with Crippen molar-refractivity contribution < 1.29 is 13.9 Å². The molecular weight excluding hydrogens is 359 g/mol. The molecule has 1 heterocycles. The average molecular weight is 378 g/mol. The average Bonchev–Trinajstić information content (AvgIpc) is 3.12. The van der Waals surface area contributed by atoms with E-state index in [1.54, 1.807) is 67.3 Å². The van der Waals surface area contributed by atoms with Gasteiger partial charge in [-0.3, -0.25) is 4.79 Å². The highest BCUT2D eigenvalue weighted by Crippen LogP contribution is 2.22. The summed E-state index contributed by atoms with van der Waals surface area (Å²) in [7, 11) is 1.80. The van der Waals surface area contributed by atoms with Crippen molar-refractivity contribution in [2.45, 2.75) is 19.1 Å². The number of nitriles is 1. The van der Waals surface area contributed by atoms with Gasteiger partial charge in [-0.2, -0.15) is 5.26 Å². The Bertz CT molecular complexity index is 1010. The highest BCUT2D eigenvalue weighted by atomic mass is 19.1. The van der Waals surface area contributed by atoms with E-state index in [-0.39, 0.29) is 5.91 Å². The van der Waals surface area contributed by atoms with Gasteiger partial charge in [0.05, 0.1) is 11.6 Å². The molecule has 28 heavy (non-hydrogen) atoms. The molecule has 2 aromatic carbocycles. The second kappa shape index (κ2) is 8.35. The summed E-state index contributed by atoms with van der Waals surface area (Å²) in [4.78, 5) is 17.0. The van der Waals surface area contributed by atoms with Crippen LogP contribution in [0.2, 0.25) is 0 Å². The number of amides is 1. The molecule has 0 unspecified atom stereocenters. The summed E-state index contributed by atoms with van der Waals surface area (Å²) >= 11 is 0. The van der Waals surface area contributed by atoms with Gasteiger partial charge in [-0.1, -0.05) is 12.1 Å². The van der Waals surface area contributed by atoms with Crippen LogP contribution in [0.25, 0.3) is 0 Å². The Kier molecular flexibility index (Phi) is 5.70. The molecule has 3 rings (SSSR count). The summed E-state index contributed by atoms with van der Waals surface area (Å²) in [6.45, 7) is 1.62. The van der Waals surface area contributed by atoms with Gasteiger partial charge in [0, 0.05) is 19.4 Å². The summed E-state index contributed by atoms with van der Waals surface area (Å²) in [6.07, 6.45) is 2.57. The molecule has 0 bridgehead atoms. The van der Waals surface area contributed by atoms with Crippen LogP contribution in [-0.2, 0) is 11.8 Å². The number of halogens is 1. The van der Waals surface area contributed by atoms with Crippen molar-refractivity contribution in [2.75, 3.05) is 0 Å². The van der Waals surface area contributed by atoms with E-state index < -0.39 is 18.0 Å². The van der Waals surface area contributed by atoms with Crippen molar-refractivity contribution in [2.24, 2.45) is 7.05 Å². The molecule has 1 amide bonds. The number of carbonyl (C=O) groups excluding carboxylic acids is 1. The van der Waals surface area contributed by atoms with Crippen LogP contribution in [0.3, 0.4) is 0 Å². The highest BCUT2D eigenvalue weighted by Gasteiger charge is 2.24. The third-order valence-electron chi connectivity index (χ3n) is 4.25. The Balaban J connectivity index is 1.78. The Morgan fingerprint density at radius 1 is 1.29 bits per heavy atom. The fourth-order valence-electron chi connectivity index (χ4n) is 2.76. The fraction of sp³-hybridized carbons (Fsp3) is 0.190. The molecule has 6 nitrogen and oxygen atoms in total. The zero-order valence-corrected chi connectivity index (χ0v) is 15.5. The normalized spacial score (nSPS) is 12.6. The number of nitrogens with zero attached hydrogens (tertiary/aromatic N) is 3. The molecule has 1 N–H and O–H groups in total. The van der Waals surface area contributed by atoms with Gasteiger partial charge in [0.15, 0.2) is 6.10 Å². The summed E-state index contributed by atoms with van der Waals surface area (Å²) in [5.41, 5.74) is 1.08. The minimum absolute atomic E-state index is 0.373. The number of hydrogen-bond acceptors (Lipinski definition) is 4. The Morgan fingerprint density at radius 2 is 2.04 bits per heavy atom. The van der Waals surface area contributed by atoms with Crippen molar-refractivity contribution in [1.29, 1.82) is 5.26 Å². The third-order valence-corrected chi connectivity index (χ3v) is 4.25. The fourth-order valence-corrected chi connectivity index (χ4v) is 2.76. The van der Waals surface area contributed by atoms with Crippen LogP contribution in [0.5, 0.6) is 5.75 Å². The topological polar surface area (TPSA) is 79.9 Å². The molecule has 0 aliphatic heterocycles. The van der Waals surface area contributed by atoms with E-state index >= 15 is 0 Å². The number of aryl methyl sites for hydroxylation is 1. The molecule has 142 valence electrons. The van der Waals surface area contributed by atoms with E-state index in [9.17, 15) is 9.18 Å². The maximum Gasteiger partial charge on any atom is 0.261 e. The van der Waals surface area contributed by atoms with Crippen LogP contribution in [-0.4, -0.2) is 21.6 Å². The van der Waals surface area contributed by atoms with Gasteiger partial charge in [0.25, 0.3) is 5.91 Å². The lowest BCUT2D eigenvalue weighted by Gasteiger charge is -2.22. The van der Waals surface area contributed by atoms with E-state index in [2.05, 4.69) is 10.3 Å². The monoisotopic (exact) mass is 378 g/mol. The molecule has 1 aromatic heterocycles. The summed E-state index contributed by atoms with van der Waals surface area (Å²) in [5.74, 6) is 0.278. The maximum absolute atomic E-state index is 13.7. The lowest BCUT2D eigenvalue weighted by Crippen LogP contribution is -2.39. The van der Waals surface area contributed by atoms with Gasteiger partial charge in [0.1, 0.15) is 23.4 Å². The Hall–Kier alpha value is -3.66. The first-order valence-electron chi connectivity index (χ1n) is 8.68. The molecule has 0 fully saturated rings. The van der Waals surface area contributed by atoms with Crippen molar-refractivity contribution >= 4 is 5.91 Å². The largest absolute Gasteiger partial charge is 0.481 e. The first kappa shape index (κ1) is 19.1. The molecule has 3 aromatic rings. The standard InChI is InChI=1S/C21H19FN4O2/c1-14(28-18-8-6-15(13-23)7-9-18)21(27)25-19(20-24-10-11-26(20)2)16-4-3-5-17(22)12-16/h3-12,14,19H,1-2H3,(H,25,27)/t14-,19-/m1/s1. The molecule has 0 saturated carbocycles. The number of aromatic nitrogens is 2. The van der Waals surface area contributed by atoms with E-state index in [4.69, 9.17) is 10.00 Å². The molecular formula is C21H19FN4O2. The number of hydrogen-bond donors (Lipinski definition) is 1. The summed E-state index contributed by atoms with van der Waals surface area (Å²) in [6, 6.07) is 13.9. The van der Waals surface area contributed by atoms with Crippen LogP contribution in [0.4, 0.5) is 4.39 Å². The Morgan fingerprint density at radius 3 is 2.64 bits per heavy atom. The lowest BCUT2D eigenvalue weighted by molar-refractivity contribution is -0.127. The summed E-state index contributed by atoms with van der Waals surface area (Å²) < 4.78 is 21.2. The number of carbonyl (C=O) groups is 1. The van der Waals surface area contributed by atoms with Gasteiger partial charge in [-0.05, 0) is 48.9 Å². The predicted octanol–water partition coefficient (Wildman–Crippen LogP) is 3.10. The van der Waals surface area contributed by atoms with Crippen LogP contribution >= 0.6 is 0 Å². The molecule has 2 atom stereocenters. The minimum atomic E-state index is -0.802. The molecule has 0 aliphatic carbocycles. The van der Waals surface area contributed by atoms with Crippen LogP contribution in [0, 0.1) is 17.1 Å². The highest BCUT2D eigenvalue weighted by molar-refractivity contribution is 5.81. The van der Waals surface area contributed by atoms with E-state index in [0.717, 1.165) is 0 Å². The molecule has 0 saturated heterocycles. The quantitative estimate of drug-likeness (QED) is 0.715. The zero-order valence-electron chi connectivity index (χ0n) is 15.5. The van der Waals surface area contributed by atoms with Crippen LogP contribution in [0.15, 0.2) is 60.9 Å². The molecule has 0 spiro atoms. The Labute approximate surface area is 162 Å². The smallest absolute Gasteiger partial charge is 0.261 e.